The fraction of sp³-hybridized carbons (Fsp3) is 0.457. The third kappa shape index (κ3) is 10.2. The van der Waals surface area contributed by atoms with E-state index >= 15 is 0 Å². The Labute approximate surface area is 252 Å². The van der Waals surface area contributed by atoms with Gasteiger partial charge in [-0.05, 0) is 47.8 Å². The molecule has 3 aromatic rings. The monoisotopic (exact) mass is 600 g/mol. The van der Waals surface area contributed by atoms with Crippen LogP contribution in [0.15, 0.2) is 91.0 Å². The second-order valence-electron chi connectivity index (χ2n) is 11.4. The molecule has 4 atom stereocenters. The highest BCUT2D eigenvalue weighted by atomic mass is 32.2. The van der Waals surface area contributed by atoms with Crippen LogP contribution >= 0.6 is 11.8 Å². The van der Waals surface area contributed by atoms with Crippen molar-refractivity contribution in [2.45, 2.75) is 70.1 Å². The molecule has 0 aliphatic rings. The van der Waals surface area contributed by atoms with Gasteiger partial charge in [-0.25, -0.2) is 0 Å². The van der Waals surface area contributed by atoms with Gasteiger partial charge in [0.2, 0.25) is 0 Å². The minimum absolute atomic E-state index is 0.159. The van der Waals surface area contributed by atoms with Crippen LogP contribution in [0.4, 0.5) is 13.2 Å². The number of aliphatic hydroxyl groups is 1. The molecule has 3 aromatic carbocycles. The zero-order valence-corrected chi connectivity index (χ0v) is 25.5. The second-order valence-corrected chi connectivity index (χ2v) is 12.4. The van der Waals surface area contributed by atoms with Crippen LogP contribution in [0.5, 0.6) is 0 Å². The molecule has 228 valence electrons. The summed E-state index contributed by atoms with van der Waals surface area (Å²) in [6, 6.07) is 31.1. The van der Waals surface area contributed by atoms with Crippen molar-refractivity contribution in [3.63, 3.8) is 0 Å². The second kappa shape index (κ2) is 16.2. The van der Waals surface area contributed by atoms with E-state index < -0.39 is 35.3 Å². The number of esters is 1. The zero-order valence-electron chi connectivity index (χ0n) is 24.7. The molecule has 0 bridgehead atoms. The van der Waals surface area contributed by atoms with Gasteiger partial charge in [0, 0.05) is 11.2 Å². The van der Waals surface area contributed by atoms with E-state index in [0.717, 1.165) is 30.4 Å². The summed E-state index contributed by atoms with van der Waals surface area (Å²) in [7, 11) is 0. The van der Waals surface area contributed by atoms with Gasteiger partial charge in [0.25, 0.3) is 0 Å². The molecule has 0 aliphatic carbocycles. The minimum Gasteiger partial charge on any atom is -0.463 e. The molecule has 7 heteroatoms. The van der Waals surface area contributed by atoms with Crippen molar-refractivity contribution < 1.29 is 27.8 Å². The maximum absolute atomic E-state index is 13.3. The summed E-state index contributed by atoms with van der Waals surface area (Å²) in [5.41, 5.74) is 2.98. The smallest absolute Gasteiger partial charge is 0.397 e. The van der Waals surface area contributed by atoms with Gasteiger partial charge in [-0.3, -0.25) is 4.79 Å². The van der Waals surface area contributed by atoms with Crippen molar-refractivity contribution in [1.82, 2.24) is 0 Å². The summed E-state index contributed by atoms with van der Waals surface area (Å²) < 4.78 is 42.8. The number of benzene rings is 3. The fourth-order valence-corrected chi connectivity index (χ4v) is 6.37. The molecule has 0 saturated heterocycles. The van der Waals surface area contributed by atoms with E-state index in [4.69, 9.17) is 4.74 Å². The van der Waals surface area contributed by atoms with Crippen molar-refractivity contribution in [3.8, 4) is 0 Å². The summed E-state index contributed by atoms with van der Waals surface area (Å²) in [6.45, 7) is 5.99. The van der Waals surface area contributed by atoms with Crippen LogP contribution in [0.2, 0.25) is 0 Å². The lowest BCUT2D eigenvalue weighted by atomic mass is 9.63. The quantitative estimate of drug-likeness (QED) is 0.167. The topological polar surface area (TPSA) is 46.5 Å². The number of carbonyl (C=O) groups is 1. The van der Waals surface area contributed by atoms with Crippen LogP contribution in [0.25, 0.3) is 0 Å². The predicted molar refractivity (Wildman–Crippen MR) is 166 cm³/mol. The Balaban J connectivity index is 1.92. The number of rotatable bonds is 16. The van der Waals surface area contributed by atoms with Gasteiger partial charge in [-0.1, -0.05) is 118 Å². The molecule has 3 rings (SSSR count). The Hall–Kier alpha value is -2.77. The Bertz CT molecular complexity index is 1150. The van der Waals surface area contributed by atoms with Crippen molar-refractivity contribution in [2.24, 2.45) is 11.8 Å². The number of hydrogen-bond donors (Lipinski definition) is 1. The van der Waals surface area contributed by atoms with E-state index in [1.165, 1.54) is 5.56 Å². The standard InChI is InChI=1S/C35H43F3O3S/c1-4-26(2)20-29(28-14-8-5-9-15-28)22-34(30-16-10-6-11-17-30,31-18-12-7-13-19-31)21-27(3)33(40)41-23-32(39)24-42-25-35(36,37)38/h5-19,26-27,29,32,39H,4,20-25H2,1-3H3. The van der Waals surface area contributed by atoms with E-state index in [9.17, 15) is 23.1 Å². The number of carbonyl (C=O) groups excluding carboxylic acids is 1. The Kier molecular flexibility index (Phi) is 13.0. The lowest BCUT2D eigenvalue weighted by Crippen LogP contribution is -2.35. The van der Waals surface area contributed by atoms with Crippen LogP contribution < -0.4 is 0 Å². The molecular weight excluding hydrogens is 557 g/mol. The van der Waals surface area contributed by atoms with Gasteiger partial charge in [0.15, 0.2) is 0 Å². The molecule has 0 aliphatic heterocycles. The van der Waals surface area contributed by atoms with Crippen molar-refractivity contribution in [3.05, 3.63) is 108 Å². The largest absolute Gasteiger partial charge is 0.463 e. The Morgan fingerprint density at radius 1 is 0.857 bits per heavy atom. The maximum Gasteiger partial charge on any atom is 0.397 e. The molecule has 0 saturated carbocycles. The normalized spacial score (nSPS) is 15.0. The van der Waals surface area contributed by atoms with Gasteiger partial charge in [0.1, 0.15) is 6.61 Å². The molecule has 0 aromatic heterocycles. The molecule has 0 spiro atoms. The van der Waals surface area contributed by atoms with Crippen LogP contribution in [0, 0.1) is 11.8 Å². The molecule has 0 amide bonds. The highest BCUT2D eigenvalue weighted by molar-refractivity contribution is 7.99. The van der Waals surface area contributed by atoms with Gasteiger partial charge in [-0.2, -0.15) is 13.2 Å². The first-order valence-electron chi connectivity index (χ1n) is 14.7. The molecule has 0 heterocycles. The van der Waals surface area contributed by atoms with Crippen molar-refractivity contribution in [2.75, 3.05) is 18.1 Å². The number of hydrogen-bond acceptors (Lipinski definition) is 4. The Morgan fingerprint density at radius 3 is 1.88 bits per heavy atom. The first-order valence-corrected chi connectivity index (χ1v) is 15.8. The summed E-state index contributed by atoms with van der Waals surface area (Å²) >= 11 is 0.578. The lowest BCUT2D eigenvalue weighted by Gasteiger charge is -2.40. The molecular formula is C35H43F3O3S. The van der Waals surface area contributed by atoms with Gasteiger partial charge in [0.05, 0.1) is 17.8 Å². The van der Waals surface area contributed by atoms with Crippen LogP contribution in [0.3, 0.4) is 0 Å². The molecule has 42 heavy (non-hydrogen) atoms. The average molecular weight is 601 g/mol. The highest BCUT2D eigenvalue weighted by Crippen LogP contribution is 2.47. The average Bonchev–Trinajstić information content (AvgIpc) is 2.99. The van der Waals surface area contributed by atoms with Crippen LogP contribution in [-0.4, -0.2) is 41.5 Å². The number of alkyl halides is 3. The summed E-state index contributed by atoms with van der Waals surface area (Å²) in [5.74, 6) is -1.46. The molecule has 3 nitrogen and oxygen atoms in total. The first kappa shape index (κ1) is 33.7. The predicted octanol–water partition coefficient (Wildman–Crippen LogP) is 8.81. The van der Waals surface area contributed by atoms with Gasteiger partial charge >= 0.3 is 12.1 Å². The summed E-state index contributed by atoms with van der Waals surface area (Å²) in [5, 5.41) is 10.2. The Morgan fingerprint density at radius 2 is 1.38 bits per heavy atom. The number of thioether (sulfide) groups is 1. The molecule has 0 radical (unpaired) electrons. The SMILES string of the molecule is CCC(C)CC(CC(CC(C)C(=O)OCC(O)CSCC(F)(F)F)(c1ccccc1)c1ccccc1)c1ccccc1. The number of halogens is 3. The zero-order chi connectivity index (χ0) is 30.6. The third-order valence-electron chi connectivity index (χ3n) is 7.95. The van der Waals surface area contributed by atoms with Crippen LogP contribution in [-0.2, 0) is 14.9 Å². The van der Waals surface area contributed by atoms with Crippen LogP contribution in [0.1, 0.15) is 69.1 Å². The summed E-state index contributed by atoms with van der Waals surface area (Å²) in [4.78, 5) is 13.3. The van der Waals surface area contributed by atoms with Crippen molar-refractivity contribution >= 4 is 17.7 Å². The number of aliphatic hydroxyl groups excluding tert-OH is 1. The first-order chi connectivity index (χ1) is 20.0. The maximum atomic E-state index is 13.3. The van der Waals surface area contributed by atoms with Gasteiger partial charge < -0.3 is 9.84 Å². The van der Waals surface area contributed by atoms with E-state index in [0.29, 0.717) is 24.1 Å². The highest BCUT2D eigenvalue weighted by Gasteiger charge is 2.40. The van der Waals surface area contributed by atoms with Crippen molar-refractivity contribution in [1.29, 1.82) is 0 Å². The van der Waals surface area contributed by atoms with E-state index in [1.807, 2.05) is 49.4 Å². The van der Waals surface area contributed by atoms with E-state index in [-0.39, 0.29) is 18.3 Å². The van der Waals surface area contributed by atoms with E-state index in [2.05, 4.69) is 62.4 Å². The fourth-order valence-electron chi connectivity index (χ4n) is 5.66. The molecule has 4 unspecified atom stereocenters. The molecule has 1 N–H and O–H groups in total. The lowest BCUT2D eigenvalue weighted by molar-refractivity contribution is -0.151. The number of ether oxygens (including phenoxy) is 1. The van der Waals surface area contributed by atoms with E-state index in [1.54, 1.807) is 0 Å². The molecule has 0 fully saturated rings. The van der Waals surface area contributed by atoms with Gasteiger partial charge in [-0.15, -0.1) is 11.8 Å². The third-order valence-corrected chi connectivity index (χ3v) is 9.11. The minimum atomic E-state index is -4.31. The summed E-state index contributed by atoms with van der Waals surface area (Å²) in [6.07, 6.45) is -2.14.